The van der Waals surface area contributed by atoms with Gasteiger partial charge in [0.05, 0.1) is 18.8 Å². The predicted octanol–water partition coefficient (Wildman–Crippen LogP) is -0.335. The highest BCUT2D eigenvalue weighted by molar-refractivity contribution is 6.18. The topological polar surface area (TPSA) is 91.4 Å². The minimum atomic E-state index is -0.560. The fraction of sp³-hybridized carbons (Fsp3) is 0.667. The van der Waals surface area contributed by atoms with Gasteiger partial charge in [-0.2, -0.15) is 0 Å². The molecule has 18 heavy (non-hydrogen) atoms. The molecule has 0 atom stereocenters. The van der Waals surface area contributed by atoms with Gasteiger partial charge in [-0.3, -0.25) is 10.2 Å². The van der Waals surface area contributed by atoms with Crippen LogP contribution >= 0.6 is 0 Å². The van der Waals surface area contributed by atoms with Crippen LogP contribution in [-0.4, -0.2) is 49.5 Å². The van der Waals surface area contributed by atoms with Crippen molar-refractivity contribution in [3.63, 3.8) is 0 Å². The number of amidine groups is 1. The number of hydrogen-bond donors (Lipinski definition) is 3. The zero-order valence-electron chi connectivity index (χ0n) is 10.4. The fourth-order valence-electron chi connectivity index (χ4n) is 1.86. The van der Waals surface area contributed by atoms with Crippen LogP contribution in [0.4, 0.5) is 0 Å². The van der Waals surface area contributed by atoms with Crippen molar-refractivity contribution < 1.29 is 9.53 Å². The van der Waals surface area contributed by atoms with E-state index in [1.54, 1.807) is 6.20 Å². The van der Waals surface area contributed by atoms with Crippen LogP contribution in [0.3, 0.4) is 0 Å². The standard InChI is InChI=1S/C12H20N4O2/c13-11(16-3-5-18-6-4-16)10(12(14)17)8-15-7-9-1-2-9/h8-9,13,15H,1-7H2,(H2,14,17)/b10-8+,13-11?. The highest BCUT2D eigenvalue weighted by atomic mass is 16.5. The van der Waals surface area contributed by atoms with Gasteiger partial charge in [0.15, 0.2) is 0 Å². The lowest BCUT2D eigenvalue weighted by molar-refractivity contribution is -0.114. The first-order chi connectivity index (χ1) is 8.68. The monoisotopic (exact) mass is 252 g/mol. The smallest absolute Gasteiger partial charge is 0.253 e. The number of morpholine rings is 1. The summed E-state index contributed by atoms with van der Waals surface area (Å²) in [6.45, 7) is 3.29. The molecule has 6 heteroatoms. The number of nitrogens with two attached hydrogens (primary N) is 1. The van der Waals surface area contributed by atoms with Crippen molar-refractivity contribution in [2.45, 2.75) is 12.8 Å². The number of carbonyl (C=O) groups excluding carboxylic acids is 1. The van der Waals surface area contributed by atoms with Gasteiger partial charge in [0.1, 0.15) is 5.84 Å². The number of nitrogens with zero attached hydrogens (tertiary/aromatic N) is 1. The molecule has 1 saturated heterocycles. The van der Waals surface area contributed by atoms with Crippen LogP contribution in [0.2, 0.25) is 0 Å². The van der Waals surface area contributed by atoms with Crippen molar-refractivity contribution in [2.24, 2.45) is 11.7 Å². The molecule has 4 N–H and O–H groups in total. The first-order valence-corrected chi connectivity index (χ1v) is 6.33. The number of rotatable bonds is 5. The van der Waals surface area contributed by atoms with Gasteiger partial charge in [-0.25, -0.2) is 0 Å². The Morgan fingerprint density at radius 1 is 1.44 bits per heavy atom. The minimum absolute atomic E-state index is 0.189. The lowest BCUT2D eigenvalue weighted by Crippen LogP contribution is -2.43. The van der Waals surface area contributed by atoms with Crippen LogP contribution in [0.25, 0.3) is 0 Å². The van der Waals surface area contributed by atoms with Gasteiger partial charge in [-0.15, -0.1) is 0 Å². The van der Waals surface area contributed by atoms with E-state index in [-0.39, 0.29) is 11.4 Å². The Kier molecular flexibility index (Phi) is 4.19. The van der Waals surface area contributed by atoms with Gasteiger partial charge in [-0.1, -0.05) is 0 Å². The molecule has 2 aliphatic rings. The Morgan fingerprint density at radius 3 is 2.67 bits per heavy atom. The molecule has 0 bridgehead atoms. The van der Waals surface area contributed by atoms with Gasteiger partial charge in [-0.05, 0) is 18.8 Å². The Morgan fingerprint density at radius 2 is 2.11 bits per heavy atom. The third-order valence-corrected chi connectivity index (χ3v) is 3.20. The van der Waals surface area contributed by atoms with Gasteiger partial charge < -0.3 is 20.7 Å². The van der Waals surface area contributed by atoms with E-state index in [2.05, 4.69) is 5.32 Å². The lowest BCUT2D eigenvalue weighted by atomic mass is 10.2. The van der Waals surface area contributed by atoms with Crippen LogP contribution in [0.5, 0.6) is 0 Å². The molecular weight excluding hydrogens is 232 g/mol. The number of carbonyl (C=O) groups is 1. The molecule has 0 aromatic carbocycles. The summed E-state index contributed by atoms with van der Waals surface area (Å²) < 4.78 is 5.22. The number of primary amides is 1. The van der Waals surface area contributed by atoms with Crippen LogP contribution < -0.4 is 11.1 Å². The minimum Gasteiger partial charge on any atom is -0.390 e. The summed E-state index contributed by atoms with van der Waals surface area (Å²) in [6.07, 6.45) is 4.07. The van der Waals surface area contributed by atoms with Crippen molar-refractivity contribution in [1.29, 1.82) is 5.41 Å². The van der Waals surface area contributed by atoms with Crippen LogP contribution in [-0.2, 0) is 9.53 Å². The zero-order chi connectivity index (χ0) is 13.0. The number of nitrogens with one attached hydrogen (secondary N) is 2. The Labute approximate surface area is 107 Å². The predicted molar refractivity (Wildman–Crippen MR) is 68.1 cm³/mol. The van der Waals surface area contributed by atoms with E-state index in [0.717, 1.165) is 6.54 Å². The van der Waals surface area contributed by atoms with E-state index in [0.29, 0.717) is 32.2 Å². The van der Waals surface area contributed by atoms with Crippen LogP contribution in [0.15, 0.2) is 11.8 Å². The molecule has 0 unspecified atom stereocenters. The average Bonchev–Trinajstić information content (AvgIpc) is 3.18. The van der Waals surface area contributed by atoms with Crippen molar-refractivity contribution in [3.8, 4) is 0 Å². The van der Waals surface area contributed by atoms with Crippen molar-refractivity contribution in [1.82, 2.24) is 10.2 Å². The van der Waals surface area contributed by atoms with E-state index < -0.39 is 5.91 Å². The molecule has 1 aliphatic heterocycles. The van der Waals surface area contributed by atoms with Crippen molar-refractivity contribution in [2.75, 3.05) is 32.8 Å². The molecule has 0 radical (unpaired) electrons. The maximum atomic E-state index is 11.4. The van der Waals surface area contributed by atoms with Crippen molar-refractivity contribution in [3.05, 3.63) is 11.8 Å². The summed E-state index contributed by atoms with van der Waals surface area (Å²) in [7, 11) is 0. The summed E-state index contributed by atoms with van der Waals surface area (Å²) >= 11 is 0. The van der Waals surface area contributed by atoms with Gasteiger partial charge in [0.25, 0.3) is 5.91 Å². The summed E-state index contributed by atoms with van der Waals surface area (Å²) in [5.74, 6) is 0.344. The van der Waals surface area contributed by atoms with Crippen molar-refractivity contribution >= 4 is 11.7 Å². The maximum absolute atomic E-state index is 11.4. The number of amides is 1. The fourth-order valence-corrected chi connectivity index (χ4v) is 1.86. The molecule has 0 aromatic rings. The molecule has 2 rings (SSSR count). The lowest BCUT2D eigenvalue weighted by Gasteiger charge is -2.29. The van der Waals surface area contributed by atoms with Gasteiger partial charge in [0, 0.05) is 25.8 Å². The molecule has 100 valence electrons. The molecule has 1 aliphatic carbocycles. The first-order valence-electron chi connectivity index (χ1n) is 6.33. The maximum Gasteiger partial charge on any atom is 0.253 e. The first kappa shape index (κ1) is 12.9. The summed E-state index contributed by atoms with van der Waals surface area (Å²) in [5, 5.41) is 11.1. The van der Waals surface area contributed by atoms with Crippen LogP contribution in [0.1, 0.15) is 12.8 Å². The Bertz CT molecular complexity index is 357. The van der Waals surface area contributed by atoms with Gasteiger partial charge in [0.2, 0.25) is 0 Å². The number of hydrogen-bond acceptors (Lipinski definition) is 4. The Hall–Kier alpha value is -1.56. The third kappa shape index (κ3) is 3.46. The van der Waals surface area contributed by atoms with Crippen LogP contribution in [0, 0.1) is 11.3 Å². The molecule has 2 fully saturated rings. The zero-order valence-corrected chi connectivity index (χ0v) is 10.4. The summed E-state index contributed by atoms with van der Waals surface area (Å²) in [5.41, 5.74) is 5.58. The SMILES string of the molecule is N=C(/C(=C\NCC1CC1)C(N)=O)N1CCOCC1. The van der Waals surface area contributed by atoms with E-state index >= 15 is 0 Å². The highest BCUT2D eigenvalue weighted by Crippen LogP contribution is 2.27. The Balaban J connectivity index is 1.93. The number of ether oxygens (including phenoxy) is 1. The normalized spacial score (nSPS) is 20.7. The van der Waals surface area contributed by atoms with E-state index in [4.69, 9.17) is 15.9 Å². The summed E-state index contributed by atoms with van der Waals surface area (Å²) in [4.78, 5) is 13.2. The highest BCUT2D eigenvalue weighted by Gasteiger charge is 2.22. The van der Waals surface area contributed by atoms with E-state index in [1.165, 1.54) is 12.8 Å². The third-order valence-electron chi connectivity index (χ3n) is 3.20. The molecular formula is C12H20N4O2. The van der Waals surface area contributed by atoms with E-state index in [9.17, 15) is 4.79 Å². The molecule has 6 nitrogen and oxygen atoms in total. The summed E-state index contributed by atoms with van der Waals surface area (Å²) in [6, 6.07) is 0. The second-order valence-electron chi connectivity index (χ2n) is 4.72. The molecule has 1 amide bonds. The molecule has 1 heterocycles. The average molecular weight is 252 g/mol. The van der Waals surface area contributed by atoms with Gasteiger partial charge >= 0.3 is 0 Å². The quantitative estimate of drug-likeness (QED) is 0.355. The second kappa shape index (κ2) is 5.86. The molecule has 1 saturated carbocycles. The molecule has 0 spiro atoms. The largest absolute Gasteiger partial charge is 0.390 e. The van der Waals surface area contributed by atoms with E-state index in [1.807, 2.05) is 4.90 Å². The molecule has 0 aromatic heterocycles. The second-order valence-corrected chi connectivity index (χ2v) is 4.72.